The minimum Gasteiger partial charge on any atom is -0.504 e. The average molecular weight is 432 g/mol. The molecule has 0 aliphatic carbocycles. The van der Waals surface area contributed by atoms with E-state index < -0.39 is 0 Å². The normalized spacial score (nSPS) is 10.6. The number of carbonyl (C=O) groups excluding carboxylic acids is 2. The van der Waals surface area contributed by atoms with E-state index >= 15 is 0 Å². The quantitative estimate of drug-likeness (QED) is 0.152. The van der Waals surface area contributed by atoms with Gasteiger partial charge in [0.25, 0.3) is 0 Å². The van der Waals surface area contributed by atoms with Crippen LogP contribution in [0.25, 0.3) is 0 Å². The van der Waals surface area contributed by atoms with Crippen LogP contribution in [-0.4, -0.2) is 57.1 Å². The molecule has 0 fully saturated rings. The van der Waals surface area contributed by atoms with Crippen LogP contribution in [0.1, 0.15) is 24.0 Å². The number of nitrogens with two attached hydrogens (primary N) is 1. The molecule has 0 bridgehead atoms. The van der Waals surface area contributed by atoms with Gasteiger partial charge in [0.2, 0.25) is 11.8 Å². The minimum absolute atomic E-state index is 0.00491. The molecule has 10 nitrogen and oxygen atoms in total. The Morgan fingerprint density at radius 3 is 1.90 bits per heavy atom. The van der Waals surface area contributed by atoms with Crippen molar-refractivity contribution >= 4 is 11.8 Å². The standard InChI is InChI=1S/C21H28N4O6/c22-11-25(21(31)8-4-15-2-6-17(27)19(29)10-15)13-23-12-24-20(30)7-3-14-1-5-16(26)18(28)9-14/h1-2,5-6,9-10,23,26-29H,3-4,7-8,11-13,22H2,(H,24,30). The first-order chi connectivity index (χ1) is 14.8. The van der Waals surface area contributed by atoms with Crippen molar-refractivity contribution < 1.29 is 30.0 Å². The Morgan fingerprint density at radius 2 is 1.39 bits per heavy atom. The predicted molar refractivity (Wildman–Crippen MR) is 113 cm³/mol. The molecule has 0 heterocycles. The first kappa shape index (κ1) is 23.8. The van der Waals surface area contributed by atoms with Gasteiger partial charge in [0.05, 0.1) is 20.0 Å². The van der Waals surface area contributed by atoms with E-state index in [0.29, 0.717) is 18.4 Å². The zero-order chi connectivity index (χ0) is 22.8. The van der Waals surface area contributed by atoms with Gasteiger partial charge in [0.15, 0.2) is 23.0 Å². The Hall–Kier alpha value is -3.50. The van der Waals surface area contributed by atoms with Crippen molar-refractivity contribution in [3.05, 3.63) is 47.5 Å². The fourth-order valence-electron chi connectivity index (χ4n) is 2.81. The number of aryl methyl sites for hydroxylation is 2. The lowest BCUT2D eigenvalue weighted by Crippen LogP contribution is -2.45. The molecule has 2 rings (SSSR count). The lowest BCUT2D eigenvalue weighted by atomic mass is 10.1. The van der Waals surface area contributed by atoms with Crippen molar-refractivity contribution in [2.24, 2.45) is 5.73 Å². The first-order valence-electron chi connectivity index (χ1n) is 9.77. The van der Waals surface area contributed by atoms with Crippen molar-refractivity contribution in [2.45, 2.75) is 25.7 Å². The summed E-state index contributed by atoms with van der Waals surface area (Å²) in [6.07, 6.45) is 1.16. The highest BCUT2D eigenvalue weighted by Gasteiger charge is 2.12. The summed E-state index contributed by atoms with van der Waals surface area (Å²) in [6.45, 7) is 0.308. The molecule has 31 heavy (non-hydrogen) atoms. The Kier molecular flexibility index (Phi) is 8.92. The van der Waals surface area contributed by atoms with Crippen LogP contribution in [0.5, 0.6) is 23.0 Å². The van der Waals surface area contributed by atoms with Crippen LogP contribution in [-0.2, 0) is 22.4 Å². The summed E-state index contributed by atoms with van der Waals surface area (Å²) in [5, 5.41) is 43.2. The topological polar surface area (TPSA) is 168 Å². The zero-order valence-electron chi connectivity index (χ0n) is 17.0. The summed E-state index contributed by atoms with van der Waals surface area (Å²) in [5.41, 5.74) is 7.06. The van der Waals surface area contributed by atoms with Gasteiger partial charge in [-0.05, 0) is 48.2 Å². The van der Waals surface area contributed by atoms with E-state index in [0.717, 1.165) is 5.56 Å². The molecule has 0 saturated carbocycles. The van der Waals surface area contributed by atoms with Crippen molar-refractivity contribution in [1.82, 2.24) is 15.5 Å². The van der Waals surface area contributed by atoms with Gasteiger partial charge < -0.3 is 36.4 Å². The fraction of sp³-hybridized carbons (Fsp3) is 0.333. The lowest BCUT2D eigenvalue weighted by molar-refractivity contribution is -0.131. The van der Waals surface area contributed by atoms with Crippen LogP contribution in [0, 0.1) is 0 Å². The van der Waals surface area contributed by atoms with Gasteiger partial charge in [-0.15, -0.1) is 0 Å². The van der Waals surface area contributed by atoms with Crippen LogP contribution in [0.15, 0.2) is 36.4 Å². The summed E-state index contributed by atoms with van der Waals surface area (Å²) < 4.78 is 0. The fourth-order valence-corrected chi connectivity index (χ4v) is 2.81. The van der Waals surface area contributed by atoms with Crippen LogP contribution in [0.3, 0.4) is 0 Å². The van der Waals surface area contributed by atoms with E-state index in [4.69, 9.17) is 5.73 Å². The number of amides is 2. The number of nitrogens with zero attached hydrogens (tertiary/aromatic N) is 1. The van der Waals surface area contributed by atoms with Crippen LogP contribution in [0.2, 0.25) is 0 Å². The molecule has 0 aromatic heterocycles. The smallest absolute Gasteiger partial charge is 0.224 e. The Morgan fingerprint density at radius 1 is 0.839 bits per heavy atom. The largest absolute Gasteiger partial charge is 0.504 e. The molecule has 168 valence electrons. The molecule has 0 spiro atoms. The molecule has 0 atom stereocenters. The highest BCUT2D eigenvalue weighted by atomic mass is 16.3. The van der Waals surface area contributed by atoms with E-state index in [1.807, 2.05) is 0 Å². The van der Waals surface area contributed by atoms with Gasteiger partial charge in [-0.2, -0.15) is 0 Å². The van der Waals surface area contributed by atoms with Gasteiger partial charge in [-0.1, -0.05) is 12.1 Å². The van der Waals surface area contributed by atoms with E-state index in [2.05, 4.69) is 10.6 Å². The number of carbonyl (C=O) groups is 2. The molecule has 10 heteroatoms. The molecule has 0 aliphatic rings. The zero-order valence-corrected chi connectivity index (χ0v) is 17.0. The molecule has 2 aromatic rings. The molecular weight excluding hydrogens is 404 g/mol. The number of rotatable bonds is 11. The van der Waals surface area contributed by atoms with Crippen molar-refractivity contribution in [3.8, 4) is 23.0 Å². The number of aromatic hydroxyl groups is 4. The van der Waals surface area contributed by atoms with E-state index in [1.165, 1.54) is 29.2 Å². The van der Waals surface area contributed by atoms with E-state index in [1.54, 1.807) is 12.1 Å². The number of benzene rings is 2. The van der Waals surface area contributed by atoms with Crippen molar-refractivity contribution in [3.63, 3.8) is 0 Å². The molecule has 2 amide bonds. The van der Waals surface area contributed by atoms with Crippen molar-refractivity contribution in [2.75, 3.05) is 20.0 Å². The second-order valence-corrected chi connectivity index (χ2v) is 6.95. The Bertz CT molecular complexity index is 905. The van der Waals surface area contributed by atoms with Gasteiger partial charge in [-0.3, -0.25) is 14.9 Å². The molecular formula is C21H28N4O6. The second kappa shape index (κ2) is 11.6. The summed E-state index contributed by atoms with van der Waals surface area (Å²) in [7, 11) is 0. The summed E-state index contributed by atoms with van der Waals surface area (Å²) in [5.74, 6) is -1.30. The Balaban J connectivity index is 1.66. The average Bonchev–Trinajstić information content (AvgIpc) is 2.75. The predicted octanol–water partition coefficient (Wildman–Crippen LogP) is 0.440. The molecule has 0 radical (unpaired) electrons. The monoisotopic (exact) mass is 432 g/mol. The van der Waals surface area contributed by atoms with Crippen LogP contribution in [0.4, 0.5) is 0 Å². The molecule has 8 N–H and O–H groups in total. The summed E-state index contributed by atoms with van der Waals surface area (Å²) in [4.78, 5) is 25.6. The number of hydrogen-bond acceptors (Lipinski definition) is 8. The number of phenols is 4. The molecule has 2 aromatic carbocycles. The maximum atomic E-state index is 12.3. The van der Waals surface area contributed by atoms with Crippen LogP contribution < -0.4 is 16.4 Å². The maximum Gasteiger partial charge on any atom is 0.224 e. The number of phenolic OH excluding ortho intramolecular Hbond substituents is 4. The van der Waals surface area contributed by atoms with Crippen LogP contribution >= 0.6 is 0 Å². The number of nitrogens with one attached hydrogen (secondary N) is 2. The maximum absolute atomic E-state index is 12.3. The molecule has 0 aliphatic heterocycles. The third-order valence-corrected chi connectivity index (χ3v) is 4.63. The second-order valence-electron chi connectivity index (χ2n) is 6.95. The third-order valence-electron chi connectivity index (χ3n) is 4.63. The Labute approximate surface area is 179 Å². The summed E-state index contributed by atoms with van der Waals surface area (Å²) in [6, 6.07) is 8.80. The van der Waals surface area contributed by atoms with Gasteiger partial charge >= 0.3 is 0 Å². The molecule has 0 unspecified atom stereocenters. The third kappa shape index (κ3) is 7.68. The summed E-state index contributed by atoms with van der Waals surface area (Å²) >= 11 is 0. The van der Waals surface area contributed by atoms with E-state index in [9.17, 15) is 30.0 Å². The van der Waals surface area contributed by atoms with E-state index in [-0.39, 0.29) is 67.7 Å². The van der Waals surface area contributed by atoms with Gasteiger partial charge in [0.1, 0.15) is 0 Å². The first-order valence-corrected chi connectivity index (χ1v) is 9.77. The number of hydrogen-bond donors (Lipinski definition) is 7. The minimum atomic E-state index is -0.236. The highest BCUT2D eigenvalue weighted by molar-refractivity contribution is 5.77. The molecule has 0 saturated heterocycles. The highest BCUT2D eigenvalue weighted by Crippen LogP contribution is 2.26. The lowest BCUT2D eigenvalue weighted by Gasteiger charge is -2.21. The van der Waals surface area contributed by atoms with Gasteiger partial charge in [-0.25, -0.2) is 0 Å². The van der Waals surface area contributed by atoms with Crippen molar-refractivity contribution in [1.29, 1.82) is 0 Å². The SMILES string of the molecule is NCN(CNCNC(=O)CCc1ccc(O)c(O)c1)C(=O)CCc1ccc(O)c(O)c1. The van der Waals surface area contributed by atoms with Gasteiger partial charge in [0, 0.05) is 12.8 Å².